The molecule has 0 spiro atoms. The van der Waals surface area contributed by atoms with Crippen LogP contribution in [0.4, 0.5) is 5.69 Å². The Bertz CT molecular complexity index is 1370. The number of rotatable bonds is 12. The number of sulfonamides is 1. The van der Waals surface area contributed by atoms with Crippen molar-refractivity contribution in [2.24, 2.45) is 0 Å². The minimum absolute atomic E-state index is 0.0146. The molecule has 8 nitrogen and oxygen atoms in total. The predicted octanol–water partition coefficient (Wildman–Crippen LogP) is 5.25. The number of methoxy groups -OCH3 is 1. The van der Waals surface area contributed by atoms with Crippen molar-refractivity contribution in [1.82, 2.24) is 10.2 Å². The minimum Gasteiger partial charge on any atom is -0.497 e. The summed E-state index contributed by atoms with van der Waals surface area (Å²) in [4.78, 5) is 28.1. The van der Waals surface area contributed by atoms with Crippen LogP contribution in [0.2, 0.25) is 5.02 Å². The van der Waals surface area contributed by atoms with Crippen molar-refractivity contribution in [2.45, 2.75) is 37.8 Å². The van der Waals surface area contributed by atoms with Crippen LogP contribution in [0.15, 0.2) is 82.2 Å². The van der Waals surface area contributed by atoms with E-state index < -0.39 is 28.5 Å². The molecule has 208 valence electrons. The van der Waals surface area contributed by atoms with E-state index in [0.717, 1.165) is 20.8 Å². The van der Waals surface area contributed by atoms with Gasteiger partial charge >= 0.3 is 0 Å². The van der Waals surface area contributed by atoms with Crippen molar-refractivity contribution in [1.29, 1.82) is 0 Å². The SMILES string of the molecule is CCCNC(=O)[C@H](C)N(Cc1ccc(Br)cc1)C(=O)CN(c1ccc(Cl)cc1)S(=O)(=O)c1ccc(OC)cc1. The van der Waals surface area contributed by atoms with Gasteiger partial charge in [-0.05, 0) is 79.6 Å². The molecule has 0 radical (unpaired) electrons. The fourth-order valence-electron chi connectivity index (χ4n) is 3.78. The maximum absolute atomic E-state index is 13.8. The molecule has 0 fully saturated rings. The third kappa shape index (κ3) is 7.97. The molecule has 0 heterocycles. The summed E-state index contributed by atoms with van der Waals surface area (Å²) in [5.74, 6) is -0.363. The van der Waals surface area contributed by atoms with Crippen LogP contribution >= 0.6 is 27.5 Å². The first-order valence-corrected chi connectivity index (χ1v) is 14.9. The van der Waals surface area contributed by atoms with Gasteiger partial charge in [0.2, 0.25) is 11.8 Å². The first-order chi connectivity index (χ1) is 18.6. The average molecular weight is 637 g/mol. The molecule has 0 aromatic heterocycles. The highest BCUT2D eigenvalue weighted by Crippen LogP contribution is 2.27. The smallest absolute Gasteiger partial charge is 0.264 e. The van der Waals surface area contributed by atoms with Crippen LogP contribution < -0.4 is 14.4 Å². The van der Waals surface area contributed by atoms with Gasteiger partial charge < -0.3 is 15.0 Å². The monoisotopic (exact) mass is 635 g/mol. The Labute approximate surface area is 243 Å². The van der Waals surface area contributed by atoms with Gasteiger partial charge in [-0.2, -0.15) is 0 Å². The molecule has 2 amide bonds. The third-order valence-corrected chi connectivity index (χ3v) is 8.59. The van der Waals surface area contributed by atoms with Crippen LogP contribution in [0.25, 0.3) is 0 Å². The minimum atomic E-state index is -4.18. The summed E-state index contributed by atoms with van der Waals surface area (Å²) in [5, 5.41) is 3.24. The van der Waals surface area contributed by atoms with E-state index in [2.05, 4.69) is 21.2 Å². The van der Waals surface area contributed by atoms with Gasteiger partial charge in [0.05, 0.1) is 17.7 Å². The molecule has 1 atom stereocenters. The summed E-state index contributed by atoms with van der Waals surface area (Å²) in [6, 6.07) is 18.6. The quantitative estimate of drug-likeness (QED) is 0.293. The van der Waals surface area contributed by atoms with Gasteiger partial charge in [0.25, 0.3) is 10.0 Å². The van der Waals surface area contributed by atoms with Gasteiger partial charge in [0.15, 0.2) is 0 Å². The zero-order valence-corrected chi connectivity index (χ0v) is 25.1. The van der Waals surface area contributed by atoms with Crippen molar-refractivity contribution in [3.05, 3.63) is 87.9 Å². The molecule has 3 aromatic rings. The second-order valence-electron chi connectivity index (χ2n) is 8.78. The normalized spacial score (nSPS) is 11.9. The van der Waals surface area contributed by atoms with Crippen molar-refractivity contribution in [3.63, 3.8) is 0 Å². The van der Waals surface area contributed by atoms with E-state index in [-0.39, 0.29) is 23.0 Å². The molecule has 11 heteroatoms. The summed E-state index contributed by atoms with van der Waals surface area (Å²) < 4.78 is 34.7. The number of benzene rings is 3. The second kappa shape index (κ2) is 13.8. The third-order valence-electron chi connectivity index (χ3n) is 6.02. The Balaban J connectivity index is 2.00. The summed E-state index contributed by atoms with van der Waals surface area (Å²) in [6.45, 7) is 3.62. The van der Waals surface area contributed by atoms with Gasteiger partial charge in [0, 0.05) is 22.6 Å². The van der Waals surface area contributed by atoms with Crippen LogP contribution in [0.1, 0.15) is 25.8 Å². The molecule has 0 aliphatic heterocycles. The standard InChI is InChI=1S/C28H31BrClN3O5S/c1-4-17-31-28(35)20(2)32(18-21-5-7-22(29)8-6-21)27(34)19-33(24-11-9-23(30)10-12-24)39(36,37)26-15-13-25(38-3)14-16-26/h5-16,20H,4,17-19H2,1-3H3,(H,31,35)/t20-/m0/s1. The zero-order chi connectivity index (χ0) is 28.6. The molecule has 0 saturated heterocycles. The van der Waals surface area contributed by atoms with Gasteiger partial charge in [-0.15, -0.1) is 0 Å². The Kier molecular flexibility index (Phi) is 10.8. The van der Waals surface area contributed by atoms with Crippen molar-refractivity contribution < 1.29 is 22.7 Å². The first-order valence-electron chi connectivity index (χ1n) is 12.3. The van der Waals surface area contributed by atoms with Gasteiger partial charge in [-0.3, -0.25) is 13.9 Å². The van der Waals surface area contributed by atoms with E-state index in [0.29, 0.717) is 17.3 Å². The molecule has 0 unspecified atom stereocenters. The van der Waals surface area contributed by atoms with Gasteiger partial charge in [-0.25, -0.2) is 8.42 Å². The highest BCUT2D eigenvalue weighted by atomic mass is 79.9. The number of carbonyl (C=O) groups excluding carboxylic acids is 2. The number of nitrogens with one attached hydrogen (secondary N) is 1. The molecule has 0 aliphatic carbocycles. The molecule has 1 N–H and O–H groups in total. The highest BCUT2D eigenvalue weighted by Gasteiger charge is 2.32. The number of ether oxygens (including phenoxy) is 1. The lowest BCUT2D eigenvalue weighted by molar-refractivity contribution is -0.139. The van der Waals surface area contributed by atoms with Crippen LogP contribution in [0, 0.1) is 0 Å². The Hall–Kier alpha value is -3.08. The van der Waals surface area contributed by atoms with E-state index in [9.17, 15) is 18.0 Å². The topological polar surface area (TPSA) is 96.0 Å². The molecule has 3 rings (SSSR count). The summed E-state index contributed by atoms with van der Waals surface area (Å²) in [5.41, 5.74) is 1.05. The number of nitrogens with zero attached hydrogens (tertiary/aromatic N) is 2. The predicted molar refractivity (Wildman–Crippen MR) is 156 cm³/mol. The Morgan fingerprint density at radius 1 is 1.00 bits per heavy atom. The van der Waals surface area contributed by atoms with E-state index >= 15 is 0 Å². The lowest BCUT2D eigenvalue weighted by Crippen LogP contribution is -2.51. The average Bonchev–Trinajstić information content (AvgIpc) is 2.94. The van der Waals surface area contributed by atoms with E-state index in [1.165, 1.54) is 48.4 Å². The van der Waals surface area contributed by atoms with E-state index in [1.54, 1.807) is 19.1 Å². The Morgan fingerprint density at radius 3 is 2.18 bits per heavy atom. The van der Waals surface area contributed by atoms with Crippen LogP contribution in [0.3, 0.4) is 0 Å². The number of hydrogen-bond acceptors (Lipinski definition) is 5. The lowest BCUT2D eigenvalue weighted by Gasteiger charge is -2.32. The largest absolute Gasteiger partial charge is 0.497 e. The number of carbonyl (C=O) groups is 2. The molecule has 0 aliphatic rings. The van der Waals surface area contributed by atoms with Gasteiger partial charge in [0.1, 0.15) is 18.3 Å². The molecule has 0 saturated carbocycles. The molecule has 0 bridgehead atoms. The number of halogens is 2. The maximum atomic E-state index is 13.8. The molecular formula is C28H31BrClN3O5S. The van der Waals surface area contributed by atoms with E-state index in [4.69, 9.17) is 16.3 Å². The summed E-state index contributed by atoms with van der Waals surface area (Å²) >= 11 is 9.45. The van der Waals surface area contributed by atoms with Gasteiger partial charge in [-0.1, -0.05) is 46.6 Å². The fourth-order valence-corrected chi connectivity index (χ4v) is 5.58. The summed E-state index contributed by atoms with van der Waals surface area (Å²) in [7, 11) is -2.69. The number of hydrogen-bond donors (Lipinski definition) is 1. The highest BCUT2D eigenvalue weighted by molar-refractivity contribution is 9.10. The first kappa shape index (κ1) is 30.5. The second-order valence-corrected chi connectivity index (χ2v) is 12.0. The van der Waals surface area contributed by atoms with Crippen LogP contribution in [0.5, 0.6) is 5.75 Å². The van der Waals surface area contributed by atoms with Crippen molar-refractivity contribution in [2.75, 3.05) is 24.5 Å². The molecule has 3 aromatic carbocycles. The maximum Gasteiger partial charge on any atom is 0.264 e. The van der Waals surface area contributed by atoms with Crippen LogP contribution in [-0.4, -0.2) is 51.4 Å². The lowest BCUT2D eigenvalue weighted by atomic mass is 10.1. The fraction of sp³-hybridized carbons (Fsp3) is 0.286. The zero-order valence-electron chi connectivity index (χ0n) is 21.9. The van der Waals surface area contributed by atoms with E-state index in [1.807, 2.05) is 31.2 Å². The Morgan fingerprint density at radius 2 is 1.62 bits per heavy atom. The van der Waals surface area contributed by atoms with Crippen LogP contribution in [-0.2, 0) is 26.2 Å². The molecular weight excluding hydrogens is 606 g/mol. The molecule has 39 heavy (non-hydrogen) atoms. The number of amides is 2. The summed E-state index contributed by atoms with van der Waals surface area (Å²) in [6.07, 6.45) is 0.740. The number of anilines is 1. The van der Waals surface area contributed by atoms with Crippen molar-refractivity contribution in [3.8, 4) is 5.75 Å². The van der Waals surface area contributed by atoms with Crippen molar-refractivity contribution >= 4 is 55.1 Å².